The van der Waals surface area contributed by atoms with E-state index >= 15 is 0 Å². The van der Waals surface area contributed by atoms with E-state index in [4.69, 9.17) is 0 Å². The largest absolute Gasteiger partial charge is 0.304 e. The van der Waals surface area contributed by atoms with Crippen molar-refractivity contribution in [2.75, 3.05) is 98.7 Å². The van der Waals surface area contributed by atoms with E-state index in [0.29, 0.717) is 0 Å². The van der Waals surface area contributed by atoms with Crippen molar-refractivity contribution in [3.63, 3.8) is 0 Å². The van der Waals surface area contributed by atoms with Gasteiger partial charge in [0.1, 0.15) is 0 Å². The Bertz CT molecular complexity index is 504. The fourth-order valence-corrected chi connectivity index (χ4v) is 6.82. The molecule has 4 aliphatic rings. The summed E-state index contributed by atoms with van der Waals surface area (Å²) < 4.78 is 0. The van der Waals surface area contributed by atoms with E-state index in [2.05, 4.69) is 45.4 Å². The van der Waals surface area contributed by atoms with Crippen LogP contribution in [0.25, 0.3) is 0 Å². The molecule has 4 rings (SSSR count). The molecule has 180 valence electrons. The zero-order valence-corrected chi connectivity index (χ0v) is 21.0. The Morgan fingerprint density at radius 3 is 1.58 bits per heavy atom. The van der Waals surface area contributed by atoms with Gasteiger partial charge in [0.25, 0.3) is 0 Å². The summed E-state index contributed by atoms with van der Waals surface area (Å²) in [6.45, 7) is 23.2. The van der Waals surface area contributed by atoms with Gasteiger partial charge in [-0.05, 0) is 95.5 Å². The van der Waals surface area contributed by atoms with Gasteiger partial charge in [-0.15, -0.1) is 0 Å². The Balaban J connectivity index is 1.10. The molecule has 0 aromatic rings. The summed E-state index contributed by atoms with van der Waals surface area (Å²) in [5, 5.41) is 0. The van der Waals surface area contributed by atoms with Crippen molar-refractivity contribution in [1.82, 2.24) is 24.5 Å². The van der Waals surface area contributed by atoms with E-state index in [1.54, 1.807) is 0 Å². The molecule has 0 aromatic carbocycles. The summed E-state index contributed by atoms with van der Waals surface area (Å²) in [6.07, 6.45) is 7.17. The summed E-state index contributed by atoms with van der Waals surface area (Å²) in [4.78, 5) is 13.5. The Labute approximate surface area is 193 Å². The van der Waals surface area contributed by atoms with E-state index in [-0.39, 0.29) is 0 Å². The molecule has 0 unspecified atom stereocenters. The van der Waals surface area contributed by atoms with E-state index < -0.39 is 0 Å². The number of piperazine rings is 1. The molecule has 4 fully saturated rings. The van der Waals surface area contributed by atoms with Gasteiger partial charge < -0.3 is 24.5 Å². The highest BCUT2D eigenvalue weighted by molar-refractivity contribution is 4.83. The first-order valence-electron chi connectivity index (χ1n) is 13.6. The van der Waals surface area contributed by atoms with Gasteiger partial charge in [0, 0.05) is 58.9 Å². The van der Waals surface area contributed by atoms with Crippen molar-refractivity contribution >= 4 is 0 Å². The number of likely N-dealkylation sites (tertiary alicyclic amines) is 3. The number of hydrogen-bond acceptors (Lipinski definition) is 5. The molecule has 0 radical (unpaired) electrons. The van der Waals surface area contributed by atoms with Crippen LogP contribution >= 0.6 is 0 Å². The molecule has 31 heavy (non-hydrogen) atoms. The quantitative estimate of drug-likeness (QED) is 0.612. The third-order valence-corrected chi connectivity index (χ3v) is 8.83. The van der Waals surface area contributed by atoms with Gasteiger partial charge in [0.05, 0.1) is 0 Å². The second-order valence-corrected chi connectivity index (χ2v) is 11.7. The first kappa shape index (κ1) is 23.9. The van der Waals surface area contributed by atoms with Crippen molar-refractivity contribution in [2.24, 2.45) is 23.7 Å². The summed E-state index contributed by atoms with van der Waals surface area (Å²) in [7, 11) is 2.26. The smallest absolute Gasteiger partial charge is 0.0110 e. The topological polar surface area (TPSA) is 16.2 Å². The van der Waals surface area contributed by atoms with Crippen LogP contribution in [0.4, 0.5) is 0 Å². The highest BCUT2D eigenvalue weighted by Crippen LogP contribution is 2.26. The molecule has 2 atom stereocenters. The summed E-state index contributed by atoms with van der Waals surface area (Å²) in [5.41, 5.74) is 0. The SMILES string of the molecule is CCN1C[C@@H](C)C[C@H](CN2CCC(CN3CCC(CN4CCN(C)CC4)CC3)CC2)C1. The Hall–Kier alpha value is -0.200. The lowest BCUT2D eigenvalue weighted by atomic mass is 9.88. The van der Waals surface area contributed by atoms with Crippen LogP contribution in [-0.4, -0.2) is 123 Å². The van der Waals surface area contributed by atoms with Gasteiger partial charge in [-0.25, -0.2) is 0 Å². The third kappa shape index (κ3) is 7.40. The summed E-state index contributed by atoms with van der Waals surface area (Å²) in [5.74, 6) is 3.68. The number of rotatable bonds is 7. The highest BCUT2D eigenvalue weighted by atomic mass is 15.2. The molecular formula is C26H51N5. The van der Waals surface area contributed by atoms with E-state index in [0.717, 1.165) is 23.7 Å². The molecule has 0 saturated carbocycles. The van der Waals surface area contributed by atoms with Gasteiger partial charge >= 0.3 is 0 Å². The second kappa shape index (κ2) is 11.8. The summed E-state index contributed by atoms with van der Waals surface area (Å²) >= 11 is 0. The van der Waals surface area contributed by atoms with Crippen molar-refractivity contribution in [3.8, 4) is 0 Å². The van der Waals surface area contributed by atoms with Crippen molar-refractivity contribution in [1.29, 1.82) is 0 Å². The maximum absolute atomic E-state index is 2.81. The number of hydrogen-bond donors (Lipinski definition) is 0. The van der Waals surface area contributed by atoms with Crippen molar-refractivity contribution < 1.29 is 0 Å². The predicted molar refractivity (Wildman–Crippen MR) is 132 cm³/mol. The van der Waals surface area contributed by atoms with Crippen LogP contribution in [0.3, 0.4) is 0 Å². The van der Waals surface area contributed by atoms with Crippen molar-refractivity contribution in [3.05, 3.63) is 0 Å². The fourth-order valence-electron chi connectivity index (χ4n) is 6.82. The van der Waals surface area contributed by atoms with Crippen LogP contribution in [-0.2, 0) is 0 Å². The zero-order valence-electron chi connectivity index (χ0n) is 21.0. The minimum Gasteiger partial charge on any atom is -0.304 e. The van der Waals surface area contributed by atoms with E-state index in [1.165, 1.54) is 124 Å². The minimum absolute atomic E-state index is 0.885. The lowest BCUT2D eigenvalue weighted by Gasteiger charge is -2.41. The molecule has 0 aliphatic carbocycles. The van der Waals surface area contributed by atoms with Crippen molar-refractivity contribution in [2.45, 2.75) is 46.0 Å². The third-order valence-electron chi connectivity index (χ3n) is 8.83. The molecule has 4 heterocycles. The molecule has 4 saturated heterocycles. The van der Waals surface area contributed by atoms with E-state index in [9.17, 15) is 0 Å². The summed E-state index contributed by atoms with van der Waals surface area (Å²) in [6, 6.07) is 0. The number of piperidine rings is 3. The zero-order chi connectivity index (χ0) is 21.6. The number of nitrogens with zero attached hydrogens (tertiary/aromatic N) is 5. The number of likely N-dealkylation sites (N-methyl/N-ethyl adjacent to an activating group) is 1. The molecule has 5 heteroatoms. The standard InChI is InChI=1S/C26H51N5/c1-4-28-18-23(2)17-26(21-28)22-30-11-7-24(8-12-30)19-29-9-5-25(6-10-29)20-31-15-13-27(3)14-16-31/h23-26H,4-22H2,1-3H3/t23-,26-/m0/s1. The van der Waals surface area contributed by atoms with Crippen LogP contribution in [0.1, 0.15) is 46.0 Å². The second-order valence-electron chi connectivity index (χ2n) is 11.7. The molecular weight excluding hydrogens is 382 g/mol. The average molecular weight is 434 g/mol. The molecule has 0 spiro atoms. The molecule has 0 amide bonds. The first-order valence-corrected chi connectivity index (χ1v) is 13.6. The highest BCUT2D eigenvalue weighted by Gasteiger charge is 2.29. The monoisotopic (exact) mass is 433 g/mol. The molecule has 5 nitrogen and oxygen atoms in total. The Morgan fingerprint density at radius 2 is 1.06 bits per heavy atom. The molecule has 0 N–H and O–H groups in total. The lowest BCUT2D eigenvalue weighted by molar-refractivity contribution is 0.0726. The minimum atomic E-state index is 0.885. The van der Waals surface area contributed by atoms with Crippen LogP contribution in [0, 0.1) is 23.7 Å². The fraction of sp³-hybridized carbons (Fsp3) is 1.00. The molecule has 0 bridgehead atoms. The van der Waals surface area contributed by atoms with E-state index in [1.807, 2.05) is 0 Å². The van der Waals surface area contributed by atoms with Crippen LogP contribution in [0.5, 0.6) is 0 Å². The maximum atomic E-state index is 2.81. The maximum Gasteiger partial charge on any atom is 0.0110 e. The predicted octanol–water partition coefficient (Wildman–Crippen LogP) is 2.64. The van der Waals surface area contributed by atoms with Crippen LogP contribution in [0.15, 0.2) is 0 Å². The first-order chi connectivity index (χ1) is 15.1. The Morgan fingerprint density at radius 1 is 0.581 bits per heavy atom. The van der Waals surface area contributed by atoms with Crippen LogP contribution in [0.2, 0.25) is 0 Å². The normalized spacial score (nSPS) is 32.6. The average Bonchev–Trinajstić information content (AvgIpc) is 2.77. The van der Waals surface area contributed by atoms with Gasteiger partial charge in [-0.2, -0.15) is 0 Å². The lowest BCUT2D eigenvalue weighted by Crippen LogP contribution is -2.48. The molecule has 4 aliphatic heterocycles. The van der Waals surface area contributed by atoms with Gasteiger partial charge in [0.2, 0.25) is 0 Å². The Kier molecular flexibility index (Phi) is 9.10. The van der Waals surface area contributed by atoms with Gasteiger partial charge in [0.15, 0.2) is 0 Å². The van der Waals surface area contributed by atoms with Gasteiger partial charge in [-0.1, -0.05) is 13.8 Å². The van der Waals surface area contributed by atoms with Gasteiger partial charge in [-0.3, -0.25) is 0 Å². The van der Waals surface area contributed by atoms with Crippen LogP contribution < -0.4 is 0 Å². The molecule has 0 aromatic heterocycles.